The van der Waals surface area contributed by atoms with E-state index in [-0.39, 0.29) is 75.1 Å². The SMILES string of the molecule is CC(C)[C@H](N)C(=O)N1CCC[C@H]1C(=O)N[C@@H](Cc1ccc(O)cc1)C(=O)N1CCC[C@H]1C(=O)N[C@@H](CCC(N)=O)C(=O)N[C@@H](CCCN=C(N)N)C(=O)O. The van der Waals surface area contributed by atoms with Gasteiger partial charge in [0.2, 0.25) is 35.4 Å². The third-order valence-corrected chi connectivity index (χ3v) is 9.54. The molecule has 0 radical (unpaired) electrons. The van der Waals surface area contributed by atoms with Crippen molar-refractivity contribution < 1.29 is 43.8 Å². The highest BCUT2D eigenvalue weighted by atomic mass is 16.4. The monoisotopic (exact) mass is 758 g/mol. The van der Waals surface area contributed by atoms with Gasteiger partial charge in [-0.15, -0.1) is 0 Å². The van der Waals surface area contributed by atoms with Gasteiger partial charge in [-0.05, 0) is 68.6 Å². The Balaban J connectivity index is 1.81. The fourth-order valence-corrected chi connectivity index (χ4v) is 6.48. The number of nitrogens with two attached hydrogens (primary N) is 4. The number of likely N-dealkylation sites (tertiary alicyclic amines) is 2. The molecule has 19 nitrogen and oxygen atoms in total. The molecule has 3 rings (SSSR count). The van der Waals surface area contributed by atoms with Crippen LogP contribution in [0.4, 0.5) is 0 Å². The number of nitrogens with zero attached hydrogens (tertiary/aromatic N) is 3. The van der Waals surface area contributed by atoms with Gasteiger partial charge in [-0.1, -0.05) is 26.0 Å². The number of amides is 6. The molecule has 6 atom stereocenters. The highest BCUT2D eigenvalue weighted by molar-refractivity contribution is 5.97. The fourth-order valence-electron chi connectivity index (χ4n) is 6.48. The van der Waals surface area contributed by atoms with E-state index in [2.05, 4.69) is 20.9 Å². The molecule has 1 aromatic carbocycles. The van der Waals surface area contributed by atoms with Crippen molar-refractivity contribution in [3.05, 3.63) is 29.8 Å². The van der Waals surface area contributed by atoms with E-state index in [1.54, 1.807) is 26.0 Å². The van der Waals surface area contributed by atoms with Crippen LogP contribution in [0.25, 0.3) is 0 Å². The highest BCUT2D eigenvalue weighted by Crippen LogP contribution is 2.23. The fraction of sp³-hybridized carbons (Fsp3) is 0.600. The molecule has 2 heterocycles. The minimum atomic E-state index is -1.38. The summed E-state index contributed by atoms with van der Waals surface area (Å²) in [5.41, 5.74) is 22.6. The van der Waals surface area contributed by atoms with Crippen molar-refractivity contribution in [3.63, 3.8) is 0 Å². The largest absolute Gasteiger partial charge is 0.508 e. The summed E-state index contributed by atoms with van der Waals surface area (Å²) < 4.78 is 0. The number of carboxylic acid groups (broad SMARTS) is 1. The van der Waals surface area contributed by atoms with Crippen LogP contribution in [0.3, 0.4) is 0 Å². The molecule has 0 saturated carbocycles. The van der Waals surface area contributed by atoms with Crippen LogP contribution in [-0.4, -0.2) is 123 Å². The second-order valence-corrected chi connectivity index (χ2v) is 14.0. The molecule has 2 aliphatic heterocycles. The molecule has 0 spiro atoms. The number of benzene rings is 1. The lowest BCUT2D eigenvalue weighted by Gasteiger charge is -2.32. The van der Waals surface area contributed by atoms with Crippen LogP contribution in [0, 0.1) is 5.92 Å². The summed E-state index contributed by atoms with van der Waals surface area (Å²) in [5.74, 6) is -5.54. The van der Waals surface area contributed by atoms with Crippen molar-refractivity contribution in [1.29, 1.82) is 0 Å². The number of rotatable bonds is 19. The Morgan fingerprint density at radius 1 is 0.815 bits per heavy atom. The van der Waals surface area contributed by atoms with Gasteiger partial charge in [0.25, 0.3) is 0 Å². The molecule has 0 unspecified atom stereocenters. The number of nitrogens with one attached hydrogen (secondary N) is 3. The number of aliphatic carboxylic acids is 1. The number of aromatic hydroxyl groups is 1. The molecule has 2 fully saturated rings. The number of guanidine groups is 1. The molecule has 0 aromatic heterocycles. The van der Waals surface area contributed by atoms with E-state index >= 15 is 0 Å². The first kappa shape index (κ1) is 42.9. The van der Waals surface area contributed by atoms with Crippen molar-refractivity contribution in [2.45, 2.75) is 108 Å². The van der Waals surface area contributed by atoms with Gasteiger partial charge in [-0.25, -0.2) is 4.79 Å². The summed E-state index contributed by atoms with van der Waals surface area (Å²) in [6.07, 6.45) is 1.17. The smallest absolute Gasteiger partial charge is 0.326 e. The normalized spacial score (nSPS) is 19.0. The number of phenols is 1. The van der Waals surface area contributed by atoms with Crippen LogP contribution < -0.4 is 38.9 Å². The molecule has 2 aliphatic rings. The molecule has 2 saturated heterocycles. The number of hydrogen-bond acceptors (Lipinski definition) is 10. The average molecular weight is 759 g/mol. The van der Waals surface area contributed by atoms with E-state index in [0.717, 1.165) is 0 Å². The summed E-state index contributed by atoms with van der Waals surface area (Å²) >= 11 is 0. The number of hydrogen-bond donors (Lipinski definition) is 9. The van der Waals surface area contributed by atoms with Crippen molar-refractivity contribution in [2.75, 3.05) is 19.6 Å². The number of aliphatic imine (C=N–C) groups is 1. The van der Waals surface area contributed by atoms with Crippen LogP contribution in [0.2, 0.25) is 0 Å². The quantitative estimate of drug-likeness (QED) is 0.0411. The van der Waals surface area contributed by atoms with Crippen LogP contribution >= 0.6 is 0 Å². The van der Waals surface area contributed by atoms with Crippen molar-refractivity contribution in [2.24, 2.45) is 33.8 Å². The lowest BCUT2D eigenvalue weighted by molar-refractivity contribution is -0.144. The Morgan fingerprint density at radius 3 is 1.89 bits per heavy atom. The lowest BCUT2D eigenvalue weighted by atomic mass is 10.0. The maximum Gasteiger partial charge on any atom is 0.326 e. The van der Waals surface area contributed by atoms with Gasteiger partial charge in [0.05, 0.1) is 6.04 Å². The van der Waals surface area contributed by atoms with Crippen molar-refractivity contribution in [3.8, 4) is 5.75 Å². The number of phenolic OH excluding ortho intramolecular Hbond substituents is 1. The van der Waals surface area contributed by atoms with Gasteiger partial charge < -0.3 is 58.9 Å². The van der Waals surface area contributed by atoms with Gasteiger partial charge in [-0.2, -0.15) is 0 Å². The first-order valence-electron chi connectivity index (χ1n) is 18.1. The highest BCUT2D eigenvalue weighted by Gasteiger charge is 2.42. The maximum atomic E-state index is 14.3. The summed E-state index contributed by atoms with van der Waals surface area (Å²) in [5, 5.41) is 27.3. The Morgan fingerprint density at radius 2 is 1.37 bits per heavy atom. The number of primary amides is 1. The molecular weight excluding hydrogens is 704 g/mol. The first-order chi connectivity index (χ1) is 25.5. The third-order valence-electron chi connectivity index (χ3n) is 9.54. The van der Waals surface area contributed by atoms with E-state index in [9.17, 15) is 43.8 Å². The van der Waals surface area contributed by atoms with Crippen molar-refractivity contribution >= 4 is 47.4 Å². The van der Waals surface area contributed by atoms with E-state index in [0.29, 0.717) is 31.4 Å². The van der Waals surface area contributed by atoms with E-state index in [4.69, 9.17) is 22.9 Å². The molecule has 0 aliphatic carbocycles. The van der Waals surface area contributed by atoms with Crippen molar-refractivity contribution in [1.82, 2.24) is 25.8 Å². The van der Waals surface area contributed by atoms with Gasteiger partial charge in [0.1, 0.15) is 36.0 Å². The summed E-state index contributed by atoms with van der Waals surface area (Å²) in [7, 11) is 0. The molecule has 54 heavy (non-hydrogen) atoms. The number of carboxylic acids is 1. The zero-order valence-electron chi connectivity index (χ0n) is 30.7. The first-order valence-corrected chi connectivity index (χ1v) is 18.1. The van der Waals surface area contributed by atoms with Crippen LogP contribution in [0.1, 0.15) is 70.8 Å². The van der Waals surface area contributed by atoms with Gasteiger partial charge in [0.15, 0.2) is 5.96 Å². The summed E-state index contributed by atoms with van der Waals surface area (Å²) in [4.78, 5) is 98.4. The number of carbonyl (C=O) groups is 7. The van der Waals surface area contributed by atoms with Crippen LogP contribution in [-0.2, 0) is 40.0 Å². The molecule has 0 bridgehead atoms. The number of carbonyl (C=O) groups excluding carboxylic acids is 6. The van der Waals surface area contributed by atoms with Gasteiger partial charge >= 0.3 is 5.97 Å². The minimum Gasteiger partial charge on any atom is -0.508 e. The molecule has 13 N–H and O–H groups in total. The lowest BCUT2D eigenvalue weighted by Crippen LogP contribution is -2.59. The Labute approximate surface area is 313 Å². The Kier molecular flexibility index (Phi) is 16.0. The standard InChI is InChI=1S/C35H54N10O9/c1-19(2)28(37)33(52)45-17-5-8-26(45)31(50)43-24(18-20-9-11-21(46)12-10-20)32(51)44-16-4-7-25(44)30(49)41-22(13-14-27(36)47)29(48)42-23(34(53)54)6-3-15-40-35(38)39/h9-12,19,22-26,28,46H,3-8,13-18,37H2,1-2H3,(H2,36,47)(H,41,49)(H,42,48)(H,43,50)(H,53,54)(H4,38,39,40)/t22-,23-,24-,25-,26-,28-/m0/s1. The van der Waals surface area contributed by atoms with Crippen LogP contribution in [0.15, 0.2) is 29.3 Å². The predicted octanol–water partition coefficient (Wildman–Crippen LogP) is -2.24. The topological polar surface area (TPSA) is 319 Å². The third kappa shape index (κ3) is 12.3. The Bertz CT molecular complexity index is 1550. The zero-order valence-corrected chi connectivity index (χ0v) is 30.7. The maximum absolute atomic E-state index is 14.3. The average Bonchev–Trinajstić information content (AvgIpc) is 3.81. The van der Waals surface area contributed by atoms with Crippen LogP contribution in [0.5, 0.6) is 5.75 Å². The van der Waals surface area contributed by atoms with E-state index in [1.807, 2.05) is 0 Å². The molecular formula is C35H54N10O9. The Hall–Kier alpha value is -5.46. The minimum absolute atomic E-state index is 0.000846. The molecule has 1 aromatic rings. The molecule has 19 heteroatoms. The van der Waals surface area contributed by atoms with E-state index in [1.165, 1.54) is 21.9 Å². The van der Waals surface area contributed by atoms with E-state index < -0.39 is 71.8 Å². The summed E-state index contributed by atoms with van der Waals surface area (Å²) in [6, 6.07) is -0.611. The molecule has 298 valence electrons. The van der Waals surface area contributed by atoms with Gasteiger partial charge in [0, 0.05) is 32.5 Å². The second-order valence-electron chi connectivity index (χ2n) is 14.0. The zero-order chi connectivity index (χ0) is 40.1. The summed E-state index contributed by atoms with van der Waals surface area (Å²) in [6.45, 7) is 4.21. The second kappa shape index (κ2) is 20.1. The predicted molar refractivity (Wildman–Crippen MR) is 196 cm³/mol. The molecule has 6 amide bonds. The van der Waals surface area contributed by atoms with Gasteiger partial charge in [-0.3, -0.25) is 33.8 Å².